The number of carbonyl (C=O) groups is 2. The second-order valence-corrected chi connectivity index (χ2v) is 7.54. The molecule has 27 heavy (non-hydrogen) atoms. The maximum Gasteiger partial charge on any atom is 0.409 e. The highest BCUT2D eigenvalue weighted by atomic mass is 16.6. The summed E-state index contributed by atoms with van der Waals surface area (Å²) in [6.07, 6.45) is 5.41. The molecule has 2 aliphatic rings. The summed E-state index contributed by atoms with van der Waals surface area (Å²) in [6, 6.07) is 4.00. The van der Waals surface area contributed by atoms with Crippen LogP contribution in [0.4, 0.5) is 10.6 Å². The van der Waals surface area contributed by atoms with Gasteiger partial charge in [-0.05, 0) is 50.7 Å². The number of carbonyl (C=O) groups excluding carboxylic acids is 2. The first-order chi connectivity index (χ1) is 13.1. The Balaban J connectivity index is 1.50. The van der Waals surface area contributed by atoms with Crippen molar-refractivity contribution in [3.8, 4) is 0 Å². The quantitative estimate of drug-likeness (QED) is 0.877. The fourth-order valence-electron chi connectivity index (χ4n) is 3.79. The summed E-state index contributed by atoms with van der Waals surface area (Å²) in [5.74, 6) is 1.41. The SMILES string of the molecule is CCOC(=O)N1CCC(Nc2ccc(C(=O)N3CCCC(C)C3)cn2)CC1. The average Bonchev–Trinajstić information content (AvgIpc) is 2.69. The van der Waals surface area contributed by atoms with E-state index in [1.165, 1.54) is 6.42 Å². The van der Waals surface area contributed by atoms with E-state index in [0.717, 1.165) is 38.2 Å². The lowest BCUT2D eigenvalue weighted by Gasteiger charge is -2.32. The molecule has 2 amide bonds. The van der Waals surface area contributed by atoms with Crippen molar-refractivity contribution in [1.29, 1.82) is 0 Å². The van der Waals surface area contributed by atoms with Gasteiger partial charge in [0, 0.05) is 38.4 Å². The molecule has 0 aromatic carbocycles. The van der Waals surface area contributed by atoms with Crippen molar-refractivity contribution in [1.82, 2.24) is 14.8 Å². The van der Waals surface area contributed by atoms with Gasteiger partial charge in [-0.3, -0.25) is 4.79 Å². The van der Waals surface area contributed by atoms with Crippen LogP contribution in [0.2, 0.25) is 0 Å². The lowest BCUT2D eigenvalue weighted by atomic mass is 10.00. The number of piperidine rings is 2. The first-order valence-corrected chi connectivity index (χ1v) is 10.0. The van der Waals surface area contributed by atoms with E-state index in [1.807, 2.05) is 24.0 Å². The van der Waals surface area contributed by atoms with Crippen molar-refractivity contribution < 1.29 is 14.3 Å². The summed E-state index contributed by atoms with van der Waals surface area (Å²) in [4.78, 5) is 32.5. The molecule has 1 atom stereocenters. The monoisotopic (exact) mass is 374 g/mol. The minimum Gasteiger partial charge on any atom is -0.450 e. The highest BCUT2D eigenvalue weighted by Gasteiger charge is 2.24. The lowest BCUT2D eigenvalue weighted by Crippen LogP contribution is -2.42. The van der Waals surface area contributed by atoms with Crippen LogP contribution in [0.15, 0.2) is 18.3 Å². The van der Waals surface area contributed by atoms with Crippen LogP contribution in [0.5, 0.6) is 0 Å². The Morgan fingerprint density at radius 1 is 1.19 bits per heavy atom. The van der Waals surface area contributed by atoms with Gasteiger partial charge in [-0.1, -0.05) is 6.92 Å². The standard InChI is InChI=1S/C20H30N4O3/c1-3-27-20(26)23-11-8-17(9-12-23)22-18-7-6-16(13-21-18)19(25)24-10-4-5-15(2)14-24/h6-7,13,15,17H,3-5,8-12,14H2,1-2H3,(H,21,22). The van der Waals surface area contributed by atoms with Crippen LogP contribution >= 0.6 is 0 Å². The fraction of sp³-hybridized carbons (Fsp3) is 0.650. The van der Waals surface area contributed by atoms with Gasteiger partial charge >= 0.3 is 6.09 Å². The van der Waals surface area contributed by atoms with E-state index in [9.17, 15) is 9.59 Å². The summed E-state index contributed by atoms with van der Waals surface area (Å²) in [7, 11) is 0. The van der Waals surface area contributed by atoms with Crippen molar-refractivity contribution in [3.63, 3.8) is 0 Å². The lowest BCUT2D eigenvalue weighted by molar-refractivity contribution is 0.0682. The van der Waals surface area contributed by atoms with Gasteiger partial charge in [-0.15, -0.1) is 0 Å². The molecule has 2 fully saturated rings. The van der Waals surface area contributed by atoms with E-state index in [2.05, 4.69) is 17.2 Å². The van der Waals surface area contributed by atoms with Gasteiger partial charge in [-0.25, -0.2) is 9.78 Å². The molecule has 0 aliphatic carbocycles. The third-order valence-electron chi connectivity index (χ3n) is 5.33. The average molecular weight is 374 g/mol. The molecule has 1 aromatic rings. The number of rotatable bonds is 4. The number of aromatic nitrogens is 1. The molecule has 7 nitrogen and oxygen atoms in total. The van der Waals surface area contributed by atoms with Crippen molar-refractivity contribution in [2.24, 2.45) is 5.92 Å². The molecule has 1 N–H and O–H groups in total. The van der Waals surface area contributed by atoms with E-state index in [1.54, 1.807) is 11.1 Å². The first kappa shape index (κ1) is 19.5. The van der Waals surface area contributed by atoms with Gasteiger partial charge in [-0.2, -0.15) is 0 Å². The van der Waals surface area contributed by atoms with Crippen molar-refractivity contribution >= 4 is 17.8 Å². The first-order valence-electron chi connectivity index (χ1n) is 10.0. The van der Waals surface area contributed by atoms with E-state index in [4.69, 9.17) is 4.74 Å². The maximum absolute atomic E-state index is 12.6. The van der Waals surface area contributed by atoms with Crippen LogP contribution in [0, 0.1) is 5.92 Å². The number of nitrogens with one attached hydrogen (secondary N) is 1. The van der Waals surface area contributed by atoms with Crippen molar-refractivity contribution in [2.75, 3.05) is 38.1 Å². The second-order valence-electron chi connectivity index (χ2n) is 7.54. The molecule has 148 valence electrons. The second kappa shape index (κ2) is 9.06. The molecular formula is C20H30N4O3. The van der Waals surface area contributed by atoms with Gasteiger partial charge in [0.1, 0.15) is 5.82 Å². The zero-order valence-corrected chi connectivity index (χ0v) is 16.3. The zero-order chi connectivity index (χ0) is 19.2. The molecule has 1 unspecified atom stereocenters. The van der Waals surface area contributed by atoms with Gasteiger partial charge in [0.05, 0.1) is 12.2 Å². The number of amides is 2. The van der Waals surface area contributed by atoms with Crippen LogP contribution in [0.3, 0.4) is 0 Å². The number of pyridine rings is 1. The number of hydrogen-bond acceptors (Lipinski definition) is 5. The van der Waals surface area contributed by atoms with Crippen LogP contribution in [-0.4, -0.2) is 65.6 Å². The van der Waals surface area contributed by atoms with Crippen molar-refractivity contribution in [2.45, 2.75) is 45.6 Å². The molecule has 2 saturated heterocycles. The Morgan fingerprint density at radius 2 is 1.96 bits per heavy atom. The molecule has 2 aliphatic heterocycles. The predicted octanol–water partition coefficient (Wildman–Crippen LogP) is 2.99. The summed E-state index contributed by atoms with van der Waals surface area (Å²) in [6.45, 7) is 7.44. The Labute approximate surface area is 161 Å². The van der Waals surface area contributed by atoms with E-state index >= 15 is 0 Å². The Morgan fingerprint density at radius 3 is 2.59 bits per heavy atom. The third kappa shape index (κ3) is 5.11. The maximum atomic E-state index is 12.6. The van der Waals surface area contributed by atoms with Crippen LogP contribution in [0.25, 0.3) is 0 Å². The Hall–Kier alpha value is -2.31. The number of hydrogen-bond donors (Lipinski definition) is 1. The molecule has 0 saturated carbocycles. The number of anilines is 1. The third-order valence-corrected chi connectivity index (χ3v) is 5.33. The Bertz CT molecular complexity index is 641. The molecule has 3 heterocycles. The van der Waals surface area contributed by atoms with Gasteiger partial charge in [0.2, 0.25) is 0 Å². The summed E-state index contributed by atoms with van der Waals surface area (Å²) < 4.78 is 5.05. The largest absolute Gasteiger partial charge is 0.450 e. The molecular weight excluding hydrogens is 344 g/mol. The molecule has 7 heteroatoms. The van der Waals surface area contributed by atoms with Crippen LogP contribution in [0.1, 0.15) is 49.9 Å². The van der Waals surface area contributed by atoms with Gasteiger partial charge < -0.3 is 19.9 Å². The molecule has 3 rings (SSSR count). The predicted molar refractivity (Wildman–Crippen MR) is 104 cm³/mol. The minimum atomic E-state index is -0.232. The van der Waals surface area contributed by atoms with Crippen LogP contribution < -0.4 is 5.32 Å². The number of nitrogens with zero attached hydrogens (tertiary/aromatic N) is 3. The summed E-state index contributed by atoms with van der Waals surface area (Å²) in [5.41, 5.74) is 0.645. The highest BCUT2D eigenvalue weighted by Crippen LogP contribution is 2.19. The minimum absolute atomic E-state index is 0.0725. The van der Waals surface area contributed by atoms with Crippen LogP contribution in [-0.2, 0) is 4.74 Å². The molecule has 0 bridgehead atoms. The fourth-order valence-corrected chi connectivity index (χ4v) is 3.79. The number of ether oxygens (including phenoxy) is 1. The molecule has 0 radical (unpaired) electrons. The molecule has 1 aromatic heterocycles. The summed E-state index contributed by atoms with van der Waals surface area (Å²) >= 11 is 0. The van der Waals surface area contributed by atoms with Gasteiger partial charge in [0.25, 0.3) is 5.91 Å². The Kier molecular flexibility index (Phi) is 6.53. The highest BCUT2D eigenvalue weighted by molar-refractivity contribution is 5.94. The van der Waals surface area contributed by atoms with Crippen molar-refractivity contribution in [3.05, 3.63) is 23.9 Å². The van der Waals surface area contributed by atoms with Gasteiger partial charge in [0.15, 0.2) is 0 Å². The van der Waals surface area contributed by atoms with E-state index in [0.29, 0.717) is 31.2 Å². The smallest absolute Gasteiger partial charge is 0.409 e. The molecule has 0 spiro atoms. The van der Waals surface area contributed by atoms with E-state index < -0.39 is 0 Å². The zero-order valence-electron chi connectivity index (χ0n) is 16.3. The summed E-state index contributed by atoms with van der Waals surface area (Å²) in [5, 5.41) is 3.41. The topological polar surface area (TPSA) is 74.8 Å². The van der Waals surface area contributed by atoms with E-state index in [-0.39, 0.29) is 18.0 Å². The number of likely N-dealkylation sites (tertiary alicyclic amines) is 2. The normalized spacial score (nSPS) is 21.0.